The van der Waals surface area contributed by atoms with Crippen molar-refractivity contribution in [1.29, 1.82) is 0 Å². The number of rotatable bonds is 2. The van der Waals surface area contributed by atoms with E-state index in [-0.39, 0.29) is 18.6 Å². The number of ether oxygens (including phenoxy) is 1. The normalized spacial score (nSPS) is 26.9. The molecule has 0 spiro atoms. The Hall–Kier alpha value is 0.580. The molecule has 2 unspecified atom stereocenters. The van der Waals surface area contributed by atoms with E-state index in [1.807, 2.05) is 0 Å². The van der Waals surface area contributed by atoms with E-state index in [0.717, 1.165) is 27.7 Å². The first-order chi connectivity index (χ1) is 7.22. The van der Waals surface area contributed by atoms with Crippen LogP contribution in [0.3, 0.4) is 0 Å². The Morgan fingerprint density at radius 2 is 2.33 bits per heavy atom. The maximum absolute atomic E-state index is 9.30. The molecule has 0 aliphatic carbocycles. The molecule has 0 radical (unpaired) electrons. The van der Waals surface area contributed by atoms with Crippen molar-refractivity contribution >= 4 is 43.2 Å². The SMILES string of the molecule is OCC1CCCOC1c1cc(Br)c(Br)s1. The highest BCUT2D eigenvalue weighted by molar-refractivity contribution is 9.13. The third kappa shape index (κ3) is 2.64. The Balaban J connectivity index is 2.20. The molecule has 15 heavy (non-hydrogen) atoms. The molecule has 0 amide bonds. The average molecular weight is 356 g/mol. The van der Waals surface area contributed by atoms with E-state index in [9.17, 15) is 5.11 Å². The highest BCUT2D eigenvalue weighted by Gasteiger charge is 2.28. The molecule has 0 bridgehead atoms. The third-order valence-corrected chi connectivity index (χ3v) is 5.94. The third-order valence-electron chi connectivity index (χ3n) is 2.62. The van der Waals surface area contributed by atoms with Crippen LogP contribution in [-0.2, 0) is 4.74 Å². The van der Waals surface area contributed by atoms with Crippen LogP contribution in [0.15, 0.2) is 14.3 Å². The van der Waals surface area contributed by atoms with Crippen LogP contribution >= 0.6 is 43.2 Å². The van der Waals surface area contributed by atoms with E-state index in [1.165, 1.54) is 4.88 Å². The second-order valence-corrected chi connectivity index (χ2v) is 6.90. The van der Waals surface area contributed by atoms with Crippen LogP contribution in [0, 0.1) is 5.92 Å². The summed E-state index contributed by atoms with van der Waals surface area (Å²) in [6, 6.07) is 2.08. The molecule has 2 nitrogen and oxygen atoms in total. The molecule has 2 atom stereocenters. The Kier molecular flexibility index (Phi) is 4.24. The van der Waals surface area contributed by atoms with Gasteiger partial charge in [0.1, 0.15) is 0 Å². The van der Waals surface area contributed by atoms with Crippen LogP contribution in [0.25, 0.3) is 0 Å². The van der Waals surface area contributed by atoms with Gasteiger partial charge in [0.15, 0.2) is 0 Å². The summed E-state index contributed by atoms with van der Waals surface area (Å²) in [7, 11) is 0. The van der Waals surface area contributed by atoms with Crippen LogP contribution in [0.4, 0.5) is 0 Å². The van der Waals surface area contributed by atoms with Gasteiger partial charge in [-0.2, -0.15) is 0 Å². The summed E-state index contributed by atoms with van der Waals surface area (Å²) in [5.74, 6) is 0.246. The molecule has 2 heterocycles. The fourth-order valence-corrected chi connectivity index (χ4v) is 4.08. The molecule has 1 aromatic heterocycles. The van der Waals surface area contributed by atoms with Gasteiger partial charge in [-0.1, -0.05) is 0 Å². The van der Waals surface area contributed by atoms with Gasteiger partial charge >= 0.3 is 0 Å². The van der Waals surface area contributed by atoms with Gasteiger partial charge in [-0.3, -0.25) is 0 Å². The molecule has 0 aromatic carbocycles. The predicted molar refractivity (Wildman–Crippen MR) is 68.2 cm³/mol. The maximum Gasteiger partial charge on any atom is 0.0967 e. The van der Waals surface area contributed by atoms with E-state index in [1.54, 1.807) is 11.3 Å². The summed E-state index contributed by atoms with van der Waals surface area (Å²) >= 11 is 8.62. The number of hydrogen-bond donors (Lipinski definition) is 1. The lowest BCUT2D eigenvalue weighted by Crippen LogP contribution is -2.24. The zero-order chi connectivity index (χ0) is 10.8. The fourth-order valence-electron chi connectivity index (χ4n) is 1.85. The summed E-state index contributed by atoms with van der Waals surface area (Å²) in [5.41, 5.74) is 0. The van der Waals surface area contributed by atoms with Crippen molar-refractivity contribution in [1.82, 2.24) is 0 Å². The summed E-state index contributed by atoms with van der Waals surface area (Å²) in [6.45, 7) is 1.01. The molecule has 1 aliphatic heterocycles. The van der Waals surface area contributed by atoms with Gasteiger partial charge in [-0.25, -0.2) is 0 Å². The molecule has 1 aliphatic rings. The maximum atomic E-state index is 9.30. The topological polar surface area (TPSA) is 29.5 Å². The Morgan fingerprint density at radius 3 is 2.93 bits per heavy atom. The lowest BCUT2D eigenvalue weighted by molar-refractivity contribution is -0.0437. The molecule has 84 valence electrons. The number of aliphatic hydroxyl groups excluding tert-OH is 1. The summed E-state index contributed by atoms with van der Waals surface area (Å²) in [5, 5.41) is 9.30. The standard InChI is InChI=1S/C10H12Br2O2S/c11-7-4-8(15-10(7)12)9-6(5-13)2-1-3-14-9/h4,6,9,13H,1-3,5H2. The van der Waals surface area contributed by atoms with E-state index in [2.05, 4.69) is 37.9 Å². The van der Waals surface area contributed by atoms with Crippen molar-refractivity contribution in [3.8, 4) is 0 Å². The molecular weight excluding hydrogens is 344 g/mol. The fraction of sp³-hybridized carbons (Fsp3) is 0.600. The molecule has 5 heteroatoms. The van der Waals surface area contributed by atoms with Crippen molar-refractivity contribution in [3.63, 3.8) is 0 Å². The molecule has 1 fully saturated rings. The lowest BCUT2D eigenvalue weighted by Gasteiger charge is -2.29. The van der Waals surface area contributed by atoms with Crippen molar-refractivity contribution in [2.45, 2.75) is 18.9 Å². The average Bonchev–Trinajstić information content (AvgIpc) is 2.59. The van der Waals surface area contributed by atoms with Crippen molar-refractivity contribution in [3.05, 3.63) is 19.2 Å². The van der Waals surface area contributed by atoms with Crippen LogP contribution < -0.4 is 0 Å². The Labute approximate surface area is 110 Å². The number of aliphatic hydroxyl groups is 1. The Morgan fingerprint density at radius 1 is 1.53 bits per heavy atom. The minimum absolute atomic E-state index is 0.0661. The van der Waals surface area contributed by atoms with Gasteiger partial charge in [0.2, 0.25) is 0 Å². The van der Waals surface area contributed by atoms with Gasteiger partial charge < -0.3 is 9.84 Å². The molecule has 1 saturated heterocycles. The van der Waals surface area contributed by atoms with Crippen LogP contribution in [0.2, 0.25) is 0 Å². The quantitative estimate of drug-likeness (QED) is 0.875. The smallest absolute Gasteiger partial charge is 0.0967 e. The van der Waals surface area contributed by atoms with E-state index < -0.39 is 0 Å². The minimum atomic E-state index is 0.0661. The van der Waals surface area contributed by atoms with Crippen LogP contribution in [0.5, 0.6) is 0 Å². The zero-order valence-electron chi connectivity index (χ0n) is 8.08. The van der Waals surface area contributed by atoms with Gasteiger partial charge in [-0.15, -0.1) is 11.3 Å². The van der Waals surface area contributed by atoms with Gasteiger partial charge in [-0.05, 0) is 50.8 Å². The number of halogens is 2. The Bertz CT molecular complexity index is 321. The van der Waals surface area contributed by atoms with Crippen LogP contribution in [0.1, 0.15) is 23.8 Å². The summed E-state index contributed by atoms with van der Waals surface area (Å²) < 4.78 is 7.89. The van der Waals surface area contributed by atoms with Gasteiger partial charge in [0.25, 0.3) is 0 Å². The van der Waals surface area contributed by atoms with E-state index in [4.69, 9.17) is 4.74 Å². The highest BCUT2D eigenvalue weighted by Crippen LogP contribution is 2.41. The summed E-state index contributed by atoms with van der Waals surface area (Å²) in [6.07, 6.45) is 2.17. The number of thiophene rings is 1. The first-order valence-electron chi connectivity index (χ1n) is 4.89. The predicted octanol–water partition coefficient (Wildman–Crippen LogP) is 3.73. The largest absolute Gasteiger partial charge is 0.396 e. The molecule has 0 saturated carbocycles. The highest BCUT2D eigenvalue weighted by atomic mass is 79.9. The first kappa shape index (κ1) is 12.0. The lowest BCUT2D eigenvalue weighted by atomic mass is 9.94. The molecule has 1 N–H and O–H groups in total. The second-order valence-electron chi connectivity index (χ2n) is 3.65. The van der Waals surface area contributed by atoms with Crippen molar-refractivity contribution in [2.75, 3.05) is 13.2 Å². The minimum Gasteiger partial charge on any atom is -0.396 e. The number of hydrogen-bond acceptors (Lipinski definition) is 3. The molecule has 1 aromatic rings. The molecular formula is C10H12Br2O2S. The zero-order valence-corrected chi connectivity index (χ0v) is 12.1. The first-order valence-corrected chi connectivity index (χ1v) is 7.30. The van der Waals surface area contributed by atoms with Crippen molar-refractivity contribution in [2.24, 2.45) is 5.92 Å². The van der Waals surface area contributed by atoms with E-state index in [0.29, 0.717) is 0 Å². The monoisotopic (exact) mass is 354 g/mol. The van der Waals surface area contributed by atoms with E-state index >= 15 is 0 Å². The van der Waals surface area contributed by atoms with Crippen molar-refractivity contribution < 1.29 is 9.84 Å². The summed E-state index contributed by atoms with van der Waals surface area (Å²) in [4.78, 5) is 1.19. The molecule has 2 rings (SSSR count). The van der Waals surface area contributed by atoms with Gasteiger partial charge in [0, 0.05) is 28.5 Å². The van der Waals surface area contributed by atoms with Gasteiger partial charge in [0.05, 0.1) is 9.89 Å². The van der Waals surface area contributed by atoms with Crippen LogP contribution in [-0.4, -0.2) is 18.3 Å². The second kappa shape index (κ2) is 5.27.